The number of aromatic nitrogens is 3. The maximum absolute atomic E-state index is 10.9. The van der Waals surface area contributed by atoms with Gasteiger partial charge < -0.3 is 14.6 Å². The number of hydrogen-bond acceptors (Lipinski definition) is 4. The molecule has 1 saturated heterocycles. The van der Waals surface area contributed by atoms with Crippen molar-refractivity contribution in [2.75, 3.05) is 25.0 Å². The van der Waals surface area contributed by atoms with E-state index in [0.717, 1.165) is 67.9 Å². The van der Waals surface area contributed by atoms with Gasteiger partial charge >= 0.3 is 6.09 Å². The number of imidazole rings is 1. The molecule has 2 aliphatic rings. The van der Waals surface area contributed by atoms with Gasteiger partial charge in [-0.3, -0.25) is 10.3 Å². The van der Waals surface area contributed by atoms with Crippen LogP contribution in [0.25, 0.3) is 11.0 Å². The molecule has 0 radical (unpaired) electrons. The summed E-state index contributed by atoms with van der Waals surface area (Å²) in [5.41, 5.74) is 6.52. The molecule has 0 spiro atoms. The van der Waals surface area contributed by atoms with Crippen LogP contribution in [0.15, 0.2) is 30.5 Å². The second-order valence-corrected chi connectivity index (χ2v) is 9.06. The van der Waals surface area contributed by atoms with E-state index in [1.54, 1.807) is 0 Å². The van der Waals surface area contributed by atoms with E-state index in [1.807, 2.05) is 25.3 Å². The Kier molecular flexibility index (Phi) is 5.14. The number of aryl methyl sites for hydroxylation is 2. The van der Waals surface area contributed by atoms with Crippen molar-refractivity contribution in [2.24, 2.45) is 5.92 Å². The predicted molar refractivity (Wildman–Crippen MR) is 121 cm³/mol. The summed E-state index contributed by atoms with van der Waals surface area (Å²) in [6.45, 7) is 7.42. The molecule has 1 atom stereocenters. The predicted octanol–water partition coefficient (Wildman–Crippen LogP) is 4.19. The van der Waals surface area contributed by atoms with E-state index in [-0.39, 0.29) is 0 Å². The Hall–Kier alpha value is -2.93. The Morgan fingerprint density at radius 3 is 2.71 bits per heavy atom. The third kappa shape index (κ3) is 4.02. The first-order chi connectivity index (χ1) is 15.0. The van der Waals surface area contributed by atoms with Crippen molar-refractivity contribution < 1.29 is 9.90 Å². The molecule has 3 aromatic rings. The van der Waals surface area contributed by atoms with Crippen LogP contribution in [0, 0.1) is 19.8 Å². The summed E-state index contributed by atoms with van der Waals surface area (Å²) >= 11 is 0. The summed E-state index contributed by atoms with van der Waals surface area (Å²) in [4.78, 5) is 22.7. The summed E-state index contributed by atoms with van der Waals surface area (Å²) in [6, 6.07) is 8.50. The van der Waals surface area contributed by atoms with E-state index in [1.165, 1.54) is 11.1 Å². The minimum absolute atomic E-state index is 0.483. The zero-order valence-electron chi connectivity index (χ0n) is 18.1. The molecule has 1 amide bonds. The molecule has 1 aliphatic heterocycles. The standard InChI is InChI=1S/C24H29N5O2/c1-15-9-22-23(13-25-15)29(16(2)26-22)21-5-7-28(8-6-21)14-17-10-18-3-4-20(27-24(30)31)12-19(18)11-17/h3-4,9,12-13,17,21,27H,5-8,10-11,14H2,1-2H3,(H,30,31)/t17-/m1/s1. The maximum Gasteiger partial charge on any atom is 0.409 e. The molecule has 2 N–H and O–H groups in total. The molecule has 3 heterocycles. The molecule has 5 rings (SSSR count). The summed E-state index contributed by atoms with van der Waals surface area (Å²) in [7, 11) is 0. The molecular formula is C24H29N5O2. The van der Waals surface area contributed by atoms with Crippen molar-refractivity contribution in [3.63, 3.8) is 0 Å². The highest BCUT2D eigenvalue weighted by Gasteiger charge is 2.28. The molecule has 1 fully saturated rings. The number of pyridine rings is 1. The molecule has 0 unspecified atom stereocenters. The largest absolute Gasteiger partial charge is 0.465 e. The second-order valence-electron chi connectivity index (χ2n) is 9.06. The topological polar surface area (TPSA) is 83.3 Å². The van der Waals surface area contributed by atoms with Crippen molar-refractivity contribution >= 4 is 22.8 Å². The average Bonchev–Trinajstić information content (AvgIpc) is 3.26. The van der Waals surface area contributed by atoms with Crippen LogP contribution < -0.4 is 5.32 Å². The van der Waals surface area contributed by atoms with E-state index in [9.17, 15) is 4.79 Å². The fraction of sp³-hybridized carbons (Fsp3) is 0.458. The monoisotopic (exact) mass is 419 g/mol. The second kappa shape index (κ2) is 7.96. The van der Waals surface area contributed by atoms with Crippen LogP contribution in [0.3, 0.4) is 0 Å². The van der Waals surface area contributed by atoms with Gasteiger partial charge in [0, 0.05) is 37.1 Å². The molecule has 1 aromatic carbocycles. The minimum Gasteiger partial charge on any atom is -0.465 e. The first-order valence-corrected chi connectivity index (χ1v) is 11.1. The van der Waals surface area contributed by atoms with Crippen molar-refractivity contribution in [3.8, 4) is 0 Å². The molecule has 0 bridgehead atoms. The number of hydrogen-bond donors (Lipinski definition) is 2. The SMILES string of the molecule is Cc1cc2nc(C)n(C3CCN(C[C@@H]4Cc5ccc(NC(=O)O)cc5C4)CC3)c2cn1. The van der Waals surface area contributed by atoms with Gasteiger partial charge in [0.1, 0.15) is 5.82 Å². The Labute approximate surface area is 182 Å². The summed E-state index contributed by atoms with van der Waals surface area (Å²) < 4.78 is 2.39. The van der Waals surface area contributed by atoms with Gasteiger partial charge in [-0.1, -0.05) is 6.07 Å². The number of carboxylic acid groups (broad SMARTS) is 1. The highest BCUT2D eigenvalue weighted by Crippen LogP contribution is 2.32. The number of amides is 1. The van der Waals surface area contributed by atoms with E-state index in [0.29, 0.717) is 17.6 Å². The highest BCUT2D eigenvalue weighted by molar-refractivity contribution is 5.83. The molecule has 162 valence electrons. The lowest BCUT2D eigenvalue weighted by atomic mass is 10.0. The highest BCUT2D eigenvalue weighted by atomic mass is 16.4. The number of fused-ring (bicyclic) bond motifs is 2. The van der Waals surface area contributed by atoms with Crippen LogP contribution in [-0.4, -0.2) is 50.3 Å². The Morgan fingerprint density at radius 1 is 1.16 bits per heavy atom. The van der Waals surface area contributed by atoms with Gasteiger partial charge in [0.05, 0.1) is 17.2 Å². The van der Waals surface area contributed by atoms with E-state index < -0.39 is 6.09 Å². The van der Waals surface area contributed by atoms with Crippen molar-refractivity contribution in [2.45, 2.75) is 45.6 Å². The quantitative estimate of drug-likeness (QED) is 0.663. The fourth-order valence-corrected chi connectivity index (χ4v) is 5.44. The average molecular weight is 420 g/mol. The maximum atomic E-state index is 10.9. The number of likely N-dealkylation sites (tertiary alicyclic amines) is 1. The Morgan fingerprint density at radius 2 is 1.94 bits per heavy atom. The lowest BCUT2D eigenvalue weighted by molar-refractivity contribution is 0.165. The van der Waals surface area contributed by atoms with Gasteiger partial charge in [0.2, 0.25) is 0 Å². The molecule has 2 aromatic heterocycles. The third-order valence-electron chi connectivity index (χ3n) is 6.80. The fourth-order valence-electron chi connectivity index (χ4n) is 5.44. The first kappa shape index (κ1) is 20.0. The molecule has 7 nitrogen and oxygen atoms in total. The van der Waals surface area contributed by atoms with Gasteiger partial charge in [-0.15, -0.1) is 0 Å². The van der Waals surface area contributed by atoms with Crippen LogP contribution in [0.2, 0.25) is 0 Å². The van der Waals surface area contributed by atoms with Crippen LogP contribution >= 0.6 is 0 Å². The number of benzene rings is 1. The lowest BCUT2D eigenvalue weighted by Crippen LogP contribution is -2.38. The molecule has 1 aliphatic carbocycles. The number of anilines is 1. The summed E-state index contributed by atoms with van der Waals surface area (Å²) in [6.07, 6.45) is 5.34. The minimum atomic E-state index is -1.01. The van der Waals surface area contributed by atoms with E-state index in [2.05, 4.69) is 38.8 Å². The number of nitrogens with zero attached hydrogens (tertiary/aromatic N) is 4. The van der Waals surface area contributed by atoms with Gasteiger partial charge in [-0.05, 0) is 74.8 Å². The van der Waals surface area contributed by atoms with Gasteiger partial charge in [-0.25, -0.2) is 9.78 Å². The number of carbonyl (C=O) groups is 1. The first-order valence-electron chi connectivity index (χ1n) is 11.1. The van der Waals surface area contributed by atoms with Crippen molar-refractivity contribution in [3.05, 3.63) is 53.1 Å². The van der Waals surface area contributed by atoms with Gasteiger partial charge in [-0.2, -0.15) is 0 Å². The number of piperidine rings is 1. The van der Waals surface area contributed by atoms with Gasteiger partial charge in [0.25, 0.3) is 0 Å². The Bertz CT molecular complexity index is 1130. The van der Waals surface area contributed by atoms with Crippen LogP contribution in [0.4, 0.5) is 10.5 Å². The number of rotatable bonds is 4. The molecule has 7 heteroatoms. The molecular weight excluding hydrogens is 390 g/mol. The molecule has 31 heavy (non-hydrogen) atoms. The van der Waals surface area contributed by atoms with E-state index >= 15 is 0 Å². The van der Waals surface area contributed by atoms with E-state index in [4.69, 9.17) is 10.1 Å². The van der Waals surface area contributed by atoms with Gasteiger partial charge in [0.15, 0.2) is 0 Å². The smallest absolute Gasteiger partial charge is 0.409 e. The van der Waals surface area contributed by atoms with Crippen LogP contribution in [0.1, 0.15) is 41.5 Å². The van der Waals surface area contributed by atoms with Crippen molar-refractivity contribution in [1.29, 1.82) is 0 Å². The third-order valence-corrected chi connectivity index (χ3v) is 6.80. The summed E-state index contributed by atoms with van der Waals surface area (Å²) in [5.74, 6) is 1.69. The van der Waals surface area contributed by atoms with Crippen LogP contribution in [0.5, 0.6) is 0 Å². The Balaban J connectivity index is 1.20. The zero-order valence-corrected chi connectivity index (χ0v) is 18.1. The normalized spacial score (nSPS) is 19.6. The summed E-state index contributed by atoms with van der Waals surface area (Å²) in [5, 5.41) is 11.4. The lowest BCUT2D eigenvalue weighted by Gasteiger charge is -2.34. The van der Waals surface area contributed by atoms with Crippen molar-refractivity contribution in [1.82, 2.24) is 19.4 Å². The van der Waals surface area contributed by atoms with Crippen LogP contribution in [-0.2, 0) is 12.8 Å². The molecule has 0 saturated carbocycles. The number of nitrogens with one attached hydrogen (secondary N) is 1. The zero-order chi connectivity index (χ0) is 21.5.